The molecule has 2 aliphatic rings. The zero-order valence-corrected chi connectivity index (χ0v) is 27.7. The van der Waals surface area contributed by atoms with Gasteiger partial charge in [0.2, 0.25) is 17.5 Å². The van der Waals surface area contributed by atoms with Crippen molar-refractivity contribution in [3.63, 3.8) is 0 Å². The van der Waals surface area contributed by atoms with Crippen LogP contribution in [-0.4, -0.2) is 120 Å². The van der Waals surface area contributed by atoms with Crippen molar-refractivity contribution in [1.29, 1.82) is 0 Å². The van der Waals surface area contributed by atoms with Gasteiger partial charge in [-0.2, -0.15) is 0 Å². The summed E-state index contributed by atoms with van der Waals surface area (Å²) in [5.41, 5.74) is -0.569. The summed E-state index contributed by atoms with van der Waals surface area (Å²) in [5, 5.41) is 92.9. The van der Waals surface area contributed by atoms with Gasteiger partial charge >= 0.3 is 5.97 Å². The number of hydrogen-bond donors (Lipinski definition) is 9. The molecule has 9 N–H and O–H groups in total. The van der Waals surface area contributed by atoms with Gasteiger partial charge in [-0.1, -0.05) is 12.1 Å². The predicted molar refractivity (Wildman–Crippen MR) is 180 cm³/mol. The average Bonchev–Trinajstić information content (AvgIpc) is 3.12. The summed E-state index contributed by atoms with van der Waals surface area (Å²) >= 11 is 0. The molecule has 0 radical (unpaired) electrons. The molecule has 0 spiro atoms. The van der Waals surface area contributed by atoms with Gasteiger partial charge in [0, 0.05) is 23.8 Å². The quantitative estimate of drug-likeness (QED) is 0.0838. The fraction of sp³-hybridized carbons (Fsp3) is 0.333. The molecule has 0 aliphatic carbocycles. The molecule has 10 atom stereocenters. The molecule has 2 saturated heterocycles. The van der Waals surface area contributed by atoms with Gasteiger partial charge < -0.3 is 74.1 Å². The van der Waals surface area contributed by atoms with Crippen LogP contribution in [0.2, 0.25) is 0 Å². The molecule has 0 unspecified atom stereocenters. The van der Waals surface area contributed by atoms with Crippen molar-refractivity contribution >= 4 is 23.0 Å². The van der Waals surface area contributed by atoms with E-state index >= 15 is 0 Å². The number of ether oxygens (including phenoxy) is 5. The highest BCUT2D eigenvalue weighted by Gasteiger charge is 2.50. The molecule has 0 amide bonds. The smallest absolute Gasteiger partial charge is 0.331 e. The number of benzene rings is 3. The molecular weight excluding hydrogens is 704 g/mol. The number of esters is 1. The molecule has 3 aromatic carbocycles. The van der Waals surface area contributed by atoms with Gasteiger partial charge in [-0.15, -0.1) is 0 Å². The minimum absolute atomic E-state index is 0.00274. The molecule has 6 rings (SSSR count). The minimum Gasteiger partial charge on any atom is -0.508 e. The van der Waals surface area contributed by atoms with Crippen LogP contribution in [0.3, 0.4) is 0 Å². The zero-order chi connectivity index (χ0) is 38.1. The first-order chi connectivity index (χ1) is 25.2. The monoisotopic (exact) mass is 740 g/mol. The number of aromatic hydroxyl groups is 4. The molecule has 17 nitrogen and oxygen atoms in total. The largest absolute Gasteiger partial charge is 0.508 e. The Kier molecular flexibility index (Phi) is 10.9. The van der Waals surface area contributed by atoms with Crippen LogP contribution < -0.4 is 10.2 Å². The highest BCUT2D eigenvalue weighted by Crippen LogP contribution is 2.38. The third-order valence-corrected chi connectivity index (χ3v) is 8.71. The van der Waals surface area contributed by atoms with Crippen molar-refractivity contribution in [2.24, 2.45) is 0 Å². The Bertz CT molecular complexity index is 2010. The summed E-state index contributed by atoms with van der Waals surface area (Å²) in [6.07, 6.45) is -14.2. The number of aliphatic hydroxyl groups is 5. The zero-order valence-electron chi connectivity index (χ0n) is 27.7. The first kappa shape index (κ1) is 37.5. The van der Waals surface area contributed by atoms with Gasteiger partial charge in [-0.25, -0.2) is 4.79 Å². The van der Waals surface area contributed by atoms with Gasteiger partial charge in [0.1, 0.15) is 70.6 Å². The number of phenols is 4. The van der Waals surface area contributed by atoms with E-state index in [0.29, 0.717) is 5.56 Å². The fourth-order valence-electron chi connectivity index (χ4n) is 5.84. The van der Waals surface area contributed by atoms with E-state index in [1.54, 1.807) is 0 Å². The van der Waals surface area contributed by atoms with Crippen LogP contribution in [-0.2, 0) is 23.7 Å². The summed E-state index contributed by atoms with van der Waals surface area (Å²) in [6, 6.07) is 13.0. The molecule has 4 aromatic rings. The normalized spacial score (nSPS) is 28.9. The Morgan fingerprint density at radius 3 is 2.09 bits per heavy atom. The van der Waals surface area contributed by atoms with Crippen LogP contribution in [0.25, 0.3) is 28.4 Å². The number of carbonyl (C=O) groups excluding carboxylic acids is 1. The molecule has 53 heavy (non-hydrogen) atoms. The van der Waals surface area contributed by atoms with Crippen LogP contribution in [0.4, 0.5) is 0 Å². The van der Waals surface area contributed by atoms with E-state index in [2.05, 4.69) is 0 Å². The molecular formula is C36H36O17. The van der Waals surface area contributed by atoms with Gasteiger partial charge in [-0.05, 0) is 55.0 Å². The minimum atomic E-state index is -2.03. The third-order valence-electron chi connectivity index (χ3n) is 8.71. The fourth-order valence-corrected chi connectivity index (χ4v) is 5.84. The van der Waals surface area contributed by atoms with Crippen LogP contribution in [0, 0.1) is 0 Å². The van der Waals surface area contributed by atoms with Crippen LogP contribution in [0.1, 0.15) is 12.5 Å². The number of rotatable bonds is 9. The summed E-state index contributed by atoms with van der Waals surface area (Å²) in [5.74, 6) is -3.17. The van der Waals surface area contributed by atoms with E-state index in [4.69, 9.17) is 28.1 Å². The molecule has 0 saturated carbocycles. The third kappa shape index (κ3) is 7.92. The van der Waals surface area contributed by atoms with Crippen LogP contribution in [0.15, 0.2) is 76.0 Å². The van der Waals surface area contributed by atoms with E-state index in [0.717, 1.165) is 18.2 Å². The number of aliphatic hydroxyl groups excluding tert-OH is 5. The Hall–Kier alpha value is -5.24. The van der Waals surface area contributed by atoms with E-state index in [9.17, 15) is 55.5 Å². The van der Waals surface area contributed by atoms with E-state index in [1.165, 1.54) is 61.5 Å². The second-order valence-corrected chi connectivity index (χ2v) is 12.5. The summed E-state index contributed by atoms with van der Waals surface area (Å²) in [4.78, 5) is 26.8. The summed E-state index contributed by atoms with van der Waals surface area (Å²) < 4.78 is 34.3. The SMILES string of the molecule is C[C@@H]1O[C@H](OC[C@H]2O[C@@H](Oc3c(-c4ccc(O)cc4)oc4cc(O)cc(O)c4c3=O)[C@H](O)[C@@H](O)[C@@H]2OC(=O)C=Cc2ccc(O)cc2)[C@@H](O)[C@H](O)[C@H]1O. The van der Waals surface area contributed by atoms with Crippen molar-refractivity contribution in [1.82, 2.24) is 0 Å². The molecule has 1 aromatic heterocycles. The Labute approximate surface area is 299 Å². The van der Waals surface area contributed by atoms with Crippen LogP contribution in [0.5, 0.6) is 28.7 Å². The lowest BCUT2D eigenvalue weighted by Gasteiger charge is -2.43. The first-order valence-electron chi connectivity index (χ1n) is 16.2. The van der Waals surface area contributed by atoms with Crippen LogP contribution >= 0.6 is 0 Å². The average molecular weight is 741 g/mol. The predicted octanol–water partition coefficient (Wildman–Crippen LogP) is 0.577. The Morgan fingerprint density at radius 1 is 0.774 bits per heavy atom. The number of fused-ring (bicyclic) bond motifs is 1. The maximum Gasteiger partial charge on any atom is 0.331 e. The van der Waals surface area contributed by atoms with E-state index in [-0.39, 0.29) is 28.4 Å². The molecule has 2 fully saturated rings. The lowest BCUT2D eigenvalue weighted by atomic mass is 9.98. The van der Waals surface area contributed by atoms with Crippen molar-refractivity contribution < 1.29 is 78.9 Å². The molecule has 2 aliphatic heterocycles. The van der Waals surface area contributed by atoms with Crippen molar-refractivity contribution in [3.8, 4) is 40.1 Å². The lowest BCUT2D eigenvalue weighted by molar-refractivity contribution is -0.319. The maximum atomic E-state index is 13.9. The number of carbonyl (C=O) groups is 1. The standard InChI is InChI=1S/C36H36O17/c1-15-26(42)28(44)30(46)35(49-15)48-14-23-33(52-24(41)11-4-16-2-7-18(37)8-3-16)29(45)31(47)36(51-23)53-34-27(43)25-21(40)12-20(39)13-22(25)50-32(34)17-5-9-19(38)10-6-17/h2-13,15,23,26,28-31,33,35-40,42,44-47H,14H2,1H3/t15-,23+,26-,28+,29+,30-,31+,33+,35-,36-/m0/s1. The van der Waals surface area contributed by atoms with Crippen molar-refractivity contribution in [2.45, 2.75) is 68.3 Å². The second-order valence-electron chi connectivity index (χ2n) is 12.5. The van der Waals surface area contributed by atoms with Gasteiger partial charge in [0.15, 0.2) is 18.2 Å². The van der Waals surface area contributed by atoms with E-state index < -0.39 is 102 Å². The lowest BCUT2D eigenvalue weighted by Crippen LogP contribution is -2.62. The summed E-state index contributed by atoms with van der Waals surface area (Å²) in [6.45, 7) is 0.764. The van der Waals surface area contributed by atoms with Gasteiger partial charge in [0.05, 0.1) is 12.7 Å². The first-order valence-corrected chi connectivity index (χ1v) is 16.2. The van der Waals surface area contributed by atoms with Crippen molar-refractivity contribution in [2.75, 3.05) is 6.61 Å². The highest BCUT2D eigenvalue weighted by molar-refractivity contribution is 5.88. The van der Waals surface area contributed by atoms with Gasteiger partial charge in [-0.3, -0.25) is 4.79 Å². The summed E-state index contributed by atoms with van der Waals surface area (Å²) in [7, 11) is 0. The van der Waals surface area contributed by atoms with Crippen molar-refractivity contribution in [3.05, 3.63) is 82.5 Å². The number of hydrogen-bond acceptors (Lipinski definition) is 17. The molecule has 17 heteroatoms. The number of phenolic OH excluding ortho intramolecular Hbond substituents is 4. The molecule has 0 bridgehead atoms. The van der Waals surface area contributed by atoms with E-state index in [1.807, 2.05) is 0 Å². The second kappa shape index (κ2) is 15.4. The Balaban J connectivity index is 1.33. The highest BCUT2D eigenvalue weighted by atomic mass is 16.7. The Morgan fingerprint density at radius 2 is 1.42 bits per heavy atom. The molecule has 282 valence electrons. The topological polar surface area (TPSA) is 275 Å². The van der Waals surface area contributed by atoms with Gasteiger partial charge in [0.25, 0.3) is 0 Å². The maximum absolute atomic E-state index is 13.9. The molecule has 3 heterocycles.